The van der Waals surface area contributed by atoms with E-state index in [0.29, 0.717) is 17.7 Å². The second kappa shape index (κ2) is 5.31. The topological polar surface area (TPSA) is 60.9 Å². The number of benzene rings is 1. The number of nitrogen functional groups attached to an aromatic ring is 1. The Morgan fingerprint density at radius 3 is 2.65 bits per heavy atom. The standard InChI is InChI=1S/C12H14BrN3O/c13-7-3-4-8-16-12(17)10-6-2-1-5-9(10)11(14)15-16/h1-2,5-6H,3-4,7-8H2,(H2,14,15). The zero-order valence-electron chi connectivity index (χ0n) is 9.40. The van der Waals surface area contributed by atoms with Crippen molar-refractivity contribution < 1.29 is 0 Å². The van der Waals surface area contributed by atoms with Crippen LogP contribution < -0.4 is 11.3 Å². The number of hydrogen-bond acceptors (Lipinski definition) is 3. The Bertz CT molecular complexity index is 579. The number of rotatable bonds is 4. The molecular weight excluding hydrogens is 282 g/mol. The lowest BCUT2D eigenvalue weighted by molar-refractivity contribution is 0.553. The third-order valence-electron chi connectivity index (χ3n) is 2.65. The Labute approximate surface area is 108 Å². The summed E-state index contributed by atoms with van der Waals surface area (Å²) in [6.45, 7) is 0.611. The van der Waals surface area contributed by atoms with Gasteiger partial charge < -0.3 is 5.73 Å². The summed E-state index contributed by atoms with van der Waals surface area (Å²) in [7, 11) is 0. The third kappa shape index (κ3) is 2.49. The van der Waals surface area contributed by atoms with Crippen LogP contribution in [0.3, 0.4) is 0 Å². The van der Waals surface area contributed by atoms with E-state index in [1.165, 1.54) is 4.68 Å². The number of alkyl halides is 1. The summed E-state index contributed by atoms with van der Waals surface area (Å²) >= 11 is 3.36. The molecule has 4 nitrogen and oxygen atoms in total. The van der Waals surface area contributed by atoms with Gasteiger partial charge in [0.1, 0.15) is 0 Å². The SMILES string of the molecule is Nc1nn(CCCCBr)c(=O)c2ccccc12. The fourth-order valence-electron chi connectivity index (χ4n) is 1.77. The summed E-state index contributed by atoms with van der Waals surface area (Å²) in [4.78, 5) is 12.1. The van der Waals surface area contributed by atoms with Crippen LogP contribution in [0.15, 0.2) is 29.1 Å². The van der Waals surface area contributed by atoms with Crippen LogP contribution in [0.4, 0.5) is 5.82 Å². The summed E-state index contributed by atoms with van der Waals surface area (Å²) in [5.41, 5.74) is 5.78. The highest BCUT2D eigenvalue weighted by Gasteiger charge is 2.06. The van der Waals surface area contributed by atoms with Crippen molar-refractivity contribution in [3.8, 4) is 0 Å². The highest BCUT2D eigenvalue weighted by atomic mass is 79.9. The van der Waals surface area contributed by atoms with E-state index in [-0.39, 0.29) is 5.56 Å². The minimum atomic E-state index is -0.0654. The minimum absolute atomic E-state index is 0.0654. The zero-order valence-corrected chi connectivity index (χ0v) is 11.0. The molecule has 0 saturated carbocycles. The Hall–Kier alpha value is -1.36. The molecule has 2 aromatic rings. The molecule has 1 heterocycles. The first kappa shape index (κ1) is 12.1. The average molecular weight is 296 g/mol. The lowest BCUT2D eigenvalue weighted by Gasteiger charge is -2.07. The molecule has 90 valence electrons. The summed E-state index contributed by atoms with van der Waals surface area (Å²) < 4.78 is 1.46. The highest BCUT2D eigenvalue weighted by Crippen LogP contribution is 2.14. The predicted molar refractivity (Wildman–Crippen MR) is 73.4 cm³/mol. The zero-order chi connectivity index (χ0) is 12.3. The van der Waals surface area contributed by atoms with Gasteiger partial charge in [-0.3, -0.25) is 4.79 Å². The monoisotopic (exact) mass is 295 g/mol. The molecule has 0 amide bonds. The molecule has 0 aliphatic carbocycles. The molecule has 1 aromatic carbocycles. The van der Waals surface area contributed by atoms with Gasteiger partial charge in [-0.1, -0.05) is 34.1 Å². The van der Waals surface area contributed by atoms with Gasteiger partial charge in [-0.2, -0.15) is 5.10 Å². The number of hydrogen-bond donors (Lipinski definition) is 1. The Morgan fingerprint density at radius 2 is 1.94 bits per heavy atom. The second-order valence-electron chi connectivity index (χ2n) is 3.86. The van der Waals surface area contributed by atoms with Crippen molar-refractivity contribution in [1.29, 1.82) is 0 Å². The highest BCUT2D eigenvalue weighted by molar-refractivity contribution is 9.09. The van der Waals surface area contributed by atoms with Gasteiger partial charge in [0.05, 0.1) is 5.39 Å². The number of nitrogens with zero attached hydrogens (tertiary/aromatic N) is 2. The van der Waals surface area contributed by atoms with Crippen molar-refractivity contribution >= 4 is 32.5 Å². The number of anilines is 1. The van der Waals surface area contributed by atoms with Crippen molar-refractivity contribution in [3.63, 3.8) is 0 Å². The van der Waals surface area contributed by atoms with Crippen molar-refractivity contribution in [2.75, 3.05) is 11.1 Å². The van der Waals surface area contributed by atoms with Crippen LogP contribution in [0.25, 0.3) is 10.8 Å². The van der Waals surface area contributed by atoms with E-state index < -0.39 is 0 Å². The van der Waals surface area contributed by atoms with E-state index in [4.69, 9.17) is 5.73 Å². The summed E-state index contributed by atoms with van der Waals surface area (Å²) in [6.07, 6.45) is 1.93. The van der Waals surface area contributed by atoms with E-state index in [1.807, 2.05) is 18.2 Å². The summed E-state index contributed by atoms with van der Waals surface area (Å²) in [5, 5.41) is 6.44. The predicted octanol–water partition coefficient (Wildman–Crippen LogP) is 2.15. The number of nitrogens with two attached hydrogens (primary N) is 1. The summed E-state index contributed by atoms with van der Waals surface area (Å²) in [5.74, 6) is 0.416. The normalized spacial score (nSPS) is 10.9. The lowest BCUT2D eigenvalue weighted by atomic mass is 10.2. The van der Waals surface area contributed by atoms with Gasteiger partial charge in [0.15, 0.2) is 5.82 Å². The van der Waals surface area contributed by atoms with Crippen molar-refractivity contribution in [1.82, 2.24) is 9.78 Å². The van der Waals surface area contributed by atoms with Crippen molar-refractivity contribution in [3.05, 3.63) is 34.6 Å². The minimum Gasteiger partial charge on any atom is -0.382 e. The molecule has 0 aliphatic heterocycles. The molecule has 2 N–H and O–H groups in total. The van der Waals surface area contributed by atoms with Gasteiger partial charge in [-0.15, -0.1) is 0 Å². The largest absolute Gasteiger partial charge is 0.382 e. The molecule has 0 saturated heterocycles. The van der Waals surface area contributed by atoms with Crippen molar-refractivity contribution in [2.24, 2.45) is 0 Å². The molecule has 0 fully saturated rings. The maximum atomic E-state index is 12.1. The first-order valence-electron chi connectivity index (χ1n) is 5.55. The molecule has 0 bridgehead atoms. The third-order valence-corrected chi connectivity index (χ3v) is 3.21. The van der Waals surface area contributed by atoms with Gasteiger partial charge >= 0.3 is 0 Å². The van der Waals surface area contributed by atoms with E-state index in [1.54, 1.807) is 6.07 Å². The molecule has 5 heteroatoms. The molecule has 0 aliphatic rings. The van der Waals surface area contributed by atoms with Gasteiger partial charge in [-0.25, -0.2) is 4.68 Å². The van der Waals surface area contributed by atoms with Crippen molar-refractivity contribution in [2.45, 2.75) is 19.4 Å². The smallest absolute Gasteiger partial charge is 0.274 e. The Morgan fingerprint density at radius 1 is 1.24 bits per heavy atom. The molecule has 17 heavy (non-hydrogen) atoms. The molecule has 2 rings (SSSR count). The maximum absolute atomic E-state index is 12.1. The molecular formula is C12H14BrN3O. The molecule has 0 spiro atoms. The van der Waals surface area contributed by atoms with E-state index in [0.717, 1.165) is 23.6 Å². The molecule has 0 radical (unpaired) electrons. The van der Waals surface area contributed by atoms with Crippen LogP contribution in [0.5, 0.6) is 0 Å². The number of halogens is 1. The quantitative estimate of drug-likeness (QED) is 0.694. The first-order valence-corrected chi connectivity index (χ1v) is 6.67. The molecule has 0 unspecified atom stereocenters. The number of fused-ring (bicyclic) bond motifs is 1. The second-order valence-corrected chi connectivity index (χ2v) is 4.65. The van der Waals surface area contributed by atoms with Gasteiger partial charge in [0, 0.05) is 17.3 Å². The maximum Gasteiger partial charge on any atom is 0.274 e. The van der Waals surface area contributed by atoms with Crippen LogP contribution in [-0.2, 0) is 6.54 Å². The van der Waals surface area contributed by atoms with Crippen LogP contribution >= 0.6 is 15.9 Å². The lowest BCUT2D eigenvalue weighted by Crippen LogP contribution is -2.24. The van der Waals surface area contributed by atoms with Crippen LogP contribution in [0.2, 0.25) is 0 Å². The Balaban J connectivity index is 2.44. The number of aromatic nitrogens is 2. The van der Waals surface area contributed by atoms with Crippen LogP contribution in [-0.4, -0.2) is 15.1 Å². The summed E-state index contributed by atoms with van der Waals surface area (Å²) in [6, 6.07) is 7.31. The van der Waals surface area contributed by atoms with E-state index in [9.17, 15) is 4.79 Å². The van der Waals surface area contributed by atoms with E-state index >= 15 is 0 Å². The number of unbranched alkanes of at least 4 members (excludes halogenated alkanes) is 1. The van der Waals surface area contributed by atoms with Gasteiger partial charge in [0.25, 0.3) is 5.56 Å². The van der Waals surface area contributed by atoms with E-state index in [2.05, 4.69) is 21.0 Å². The van der Waals surface area contributed by atoms with Crippen LogP contribution in [0.1, 0.15) is 12.8 Å². The Kier molecular flexibility index (Phi) is 3.78. The fraction of sp³-hybridized carbons (Fsp3) is 0.333. The van der Waals surface area contributed by atoms with Gasteiger partial charge in [0.2, 0.25) is 0 Å². The number of aryl methyl sites for hydroxylation is 1. The first-order chi connectivity index (χ1) is 8.24. The van der Waals surface area contributed by atoms with Gasteiger partial charge in [-0.05, 0) is 18.9 Å². The molecule has 1 aromatic heterocycles. The van der Waals surface area contributed by atoms with Crippen LogP contribution in [0, 0.1) is 0 Å². The average Bonchev–Trinajstić information content (AvgIpc) is 2.36. The molecule has 0 atom stereocenters. The fourth-order valence-corrected chi connectivity index (χ4v) is 2.17.